The van der Waals surface area contributed by atoms with E-state index < -0.39 is 0 Å². The second-order valence-corrected chi connectivity index (χ2v) is 9.24. The summed E-state index contributed by atoms with van der Waals surface area (Å²) in [7, 11) is 1.71. The molecule has 0 bridgehead atoms. The van der Waals surface area contributed by atoms with Crippen LogP contribution in [0.2, 0.25) is 0 Å². The maximum absolute atomic E-state index is 13.4. The standard InChI is InChI=1S/C26H29N3O4/c1-16-7-8-19(11-17(16)2)21-13-22(20-9-10-23-24(12-20)33-15-32-23)29(27-21)25(30)14-28(3)26(31)18-5-4-6-18/h7-12,18,22H,4-6,13-15H2,1-3H3. The second-order valence-electron chi connectivity index (χ2n) is 9.24. The molecule has 0 radical (unpaired) electrons. The smallest absolute Gasteiger partial charge is 0.262 e. The zero-order valence-corrected chi connectivity index (χ0v) is 19.3. The summed E-state index contributed by atoms with van der Waals surface area (Å²) in [6, 6.07) is 11.7. The van der Waals surface area contributed by atoms with Crippen LogP contribution >= 0.6 is 0 Å². The number of carbonyl (C=O) groups is 2. The van der Waals surface area contributed by atoms with E-state index in [1.54, 1.807) is 17.0 Å². The SMILES string of the molecule is Cc1ccc(C2=NN(C(=O)CN(C)C(=O)C3CCC3)C(c3ccc4c(c3)OCO4)C2)cc1C. The minimum atomic E-state index is -0.268. The maximum Gasteiger partial charge on any atom is 0.262 e. The summed E-state index contributed by atoms with van der Waals surface area (Å²) in [4.78, 5) is 27.5. The summed E-state index contributed by atoms with van der Waals surface area (Å²) in [6.07, 6.45) is 3.50. The van der Waals surface area contributed by atoms with Crippen LogP contribution in [0.5, 0.6) is 11.5 Å². The van der Waals surface area contributed by atoms with E-state index in [1.807, 2.05) is 18.2 Å². The number of hydrogen-bond acceptors (Lipinski definition) is 5. The zero-order valence-electron chi connectivity index (χ0n) is 19.3. The number of benzene rings is 2. The minimum Gasteiger partial charge on any atom is -0.454 e. The van der Waals surface area contributed by atoms with Crippen molar-refractivity contribution in [2.24, 2.45) is 11.0 Å². The van der Waals surface area contributed by atoms with Gasteiger partial charge in [-0.15, -0.1) is 0 Å². The van der Waals surface area contributed by atoms with E-state index in [4.69, 9.17) is 14.6 Å². The minimum absolute atomic E-state index is 0.0140. The first kappa shape index (κ1) is 21.5. The van der Waals surface area contributed by atoms with Gasteiger partial charge in [-0.3, -0.25) is 9.59 Å². The number of rotatable bonds is 5. The van der Waals surface area contributed by atoms with E-state index in [2.05, 4.69) is 32.0 Å². The molecule has 1 aliphatic carbocycles. The maximum atomic E-state index is 13.4. The Balaban J connectivity index is 1.43. The summed E-state index contributed by atoms with van der Waals surface area (Å²) in [6.45, 7) is 4.37. The topological polar surface area (TPSA) is 71.4 Å². The normalized spacial score (nSPS) is 19.3. The van der Waals surface area contributed by atoms with Gasteiger partial charge in [-0.1, -0.05) is 24.6 Å². The third-order valence-electron chi connectivity index (χ3n) is 6.99. The van der Waals surface area contributed by atoms with E-state index in [-0.39, 0.29) is 37.1 Å². The molecule has 0 saturated heterocycles. The van der Waals surface area contributed by atoms with Gasteiger partial charge in [0.15, 0.2) is 11.5 Å². The number of nitrogens with zero attached hydrogens (tertiary/aromatic N) is 3. The van der Waals surface area contributed by atoms with E-state index in [0.29, 0.717) is 17.9 Å². The number of likely N-dealkylation sites (N-methyl/N-ethyl adjacent to an activating group) is 1. The Hall–Kier alpha value is -3.35. The number of amides is 2. The molecular weight excluding hydrogens is 418 g/mol. The summed E-state index contributed by atoms with van der Waals surface area (Å²) in [5, 5.41) is 6.31. The third kappa shape index (κ3) is 4.08. The molecule has 1 unspecified atom stereocenters. The molecule has 0 N–H and O–H groups in total. The van der Waals surface area contributed by atoms with Crippen molar-refractivity contribution >= 4 is 17.5 Å². The summed E-state index contributed by atoms with van der Waals surface area (Å²) < 4.78 is 11.0. The number of aryl methyl sites for hydroxylation is 2. The van der Waals surface area contributed by atoms with E-state index >= 15 is 0 Å². The third-order valence-corrected chi connectivity index (χ3v) is 6.99. The molecular formula is C26H29N3O4. The summed E-state index contributed by atoms with van der Waals surface area (Å²) in [5.41, 5.74) is 5.21. The Labute approximate surface area is 194 Å². The average Bonchev–Trinajstić information content (AvgIpc) is 3.41. The fraction of sp³-hybridized carbons (Fsp3) is 0.423. The number of hydrazone groups is 1. The van der Waals surface area contributed by atoms with Gasteiger partial charge < -0.3 is 14.4 Å². The Kier molecular flexibility index (Phi) is 5.56. The average molecular weight is 448 g/mol. The van der Waals surface area contributed by atoms with Gasteiger partial charge in [-0.2, -0.15) is 5.10 Å². The van der Waals surface area contributed by atoms with Gasteiger partial charge in [0.05, 0.1) is 11.8 Å². The van der Waals surface area contributed by atoms with Crippen molar-refractivity contribution in [3.05, 3.63) is 58.7 Å². The highest BCUT2D eigenvalue weighted by atomic mass is 16.7. The van der Waals surface area contributed by atoms with Gasteiger partial charge in [0.25, 0.3) is 5.91 Å². The lowest BCUT2D eigenvalue weighted by atomic mass is 9.84. The van der Waals surface area contributed by atoms with Crippen molar-refractivity contribution in [1.29, 1.82) is 0 Å². The van der Waals surface area contributed by atoms with Gasteiger partial charge in [-0.05, 0) is 67.1 Å². The molecule has 1 atom stereocenters. The Morgan fingerprint density at radius 3 is 2.58 bits per heavy atom. The number of carbonyl (C=O) groups excluding carboxylic acids is 2. The Morgan fingerprint density at radius 1 is 1.06 bits per heavy atom. The van der Waals surface area contributed by atoms with Crippen LogP contribution < -0.4 is 9.47 Å². The lowest BCUT2D eigenvalue weighted by molar-refractivity contribution is -0.144. The molecule has 2 aromatic carbocycles. The molecule has 172 valence electrons. The van der Waals surface area contributed by atoms with E-state index in [9.17, 15) is 9.59 Å². The predicted molar refractivity (Wildman–Crippen MR) is 124 cm³/mol. The molecule has 5 rings (SSSR count). The molecule has 7 nitrogen and oxygen atoms in total. The van der Waals surface area contributed by atoms with Gasteiger partial charge in [0.1, 0.15) is 6.54 Å². The van der Waals surface area contributed by atoms with Crippen LogP contribution in [-0.4, -0.2) is 47.8 Å². The molecule has 1 fully saturated rings. The molecule has 2 amide bonds. The highest BCUT2D eigenvalue weighted by Crippen LogP contribution is 2.39. The lowest BCUT2D eigenvalue weighted by Crippen LogP contribution is -2.42. The molecule has 33 heavy (non-hydrogen) atoms. The van der Waals surface area contributed by atoms with Gasteiger partial charge in [0.2, 0.25) is 12.7 Å². The van der Waals surface area contributed by atoms with Crippen LogP contribution in [0.3, 0.4) is 0 Å². The van der Waals surface area contributed by atoms with Crippen LogP contribution in [0.1, 0.15) is 54.0 Å². The van der Waals surface area contributed by atoms with Gasteiger partial charge in [0, 0.05) is 19.4 Å². The van der Waals surface area contributed by atoms with Crippen LogP contribution in [-0.2, 0) is 9.59 Å². The lowest BCUT2D eigenvalue weighted by Gasteiger charge is -2.30. The molecule has 2 aliphatic heterocycles. The largest absolute Gasteiger partial charge is 0.454 e. The van der Waals surface area contributed by atoms with Gasteiger partial charge >= 0.3 is 0 Å². The van der Waals surface area contributed by atoms with Crippen LogP contribution in [0.4, 0.5) is 0 Å². The molecule has 2 heterocycles. The fourth-order valence-electron chi connectivity index (χ4n) is 4.54. The van der Waals surface area contributed by atoms with Crippen molar-refractivity contribution < 1.29 is 19.1 Å². The molecule has 1 saturated carbocycles. The molecule has 0 aromatic heterocycles. The first-order chi connectivity index (χ1) is 15.9. The summed E-state index contributed by atoms with van der Waals surface area (Å²) in [5.74, 6) is 1.30. The number of hydrogen-bond donors (Lipinski definition) is 0. The highest BCUT2D eigenvalue weighted by molar-refractivity contribution is 6.03. The molecule has 0 spiro atoms. The first-order valence-electron chi connectivity index (χ1n) is 11.5. The quantitative estimate of drug-likeness (QED) is 0.695. The predicted octanol–water partition coefficient (Wildman–Crippen LogP) is 3.97. The second kappa shape index (κ2) is 8.54. The molecule has 2 aromatic rings. The zero-order chi connectivity index (χ0) is 23.1. The number of ether oxygens (including phenoxy) is 2. The monoisotopic (exact) mass is 447 g/mol. The van der Waals surface area contributed by atoms with Crippen LogP contribution in [0.25, 0.3) is 0 Å². The Morgan fingerprint density at radius 2 is 1.85 bits per heavy atom. The Bertz CT molecular complexity index is 1140. The van der Waals surface area contributed by atoms with Crippen molar-refractivity contribution in [2.45, 2.75) is 45.6 Å². The van der Waals surface area contributed by atoms with Crippen molar-refractivity contribution in [3.63, 3.8) is 0 Å². The van der Waals surface area contributed by atoms with Gasteiger partial charge in [-0.25, -0.2) is 5.01 Å². The van der Waals surface area contributed by atoms with E-state index in [0.717, 1.165) is 36.1 Å². The molecule has 3 aliphatic rings. The highest BCUT2D eigenvalue weighted by Gasteiger charge is 2.36. The van der Waals surface area contributed by atoms with Crippen molar-refractivity contribution in [2.75, 3.05) is 20.4 Å². The molecule has 7 heteroatoms. The fourth-order valence-corrected chi connectivity index (χ4v) is 4.54. The number of fused-ring (bicyclic) bond motifs is 1. The van der Waals surface area contributed by atoms with Crippen LogP contribution in [0.15, 0.2) is 41.5 Å². The first-order valence-corrected chi connectivity index (χ1v) is 11.5. The van der Waals surface area contributed by atoms with Crippen LogP contribution in [0, 0.1) is 19.8 Å². The van der Waals surface area contributed by atoms with Crippen molar-refractivity contribution in [3.8, 4) is 11.5 Å². The van der Waals surface area contributed by atoms with E-state index in [1.165, 1.54) is 11.1 Å². The summed E-state index contributed by atoms with van der Waals surface area (Å²) >= 11 is 0. The van der Waals surface area contributed by atoms with Crippen molar-refractivity contribution in [1.82, 2.24) is 9.91 Å².